The van der Waals surface area contributed by atoms with Crippen LogP contribution in [0.2, 0.25) is 0 Å². The van der Waals surface area contributed by atoms with Gasteiger partial charge in [0.15, 0.2) is 0 Å². The summed E-state index contributed by atoms with van der Waals surface area (Å²) < 4.78 is 0. The predicted molar refractivity (Wildman–Crippen MR) is 84.3 cm³/mol. The molecule has 20 heavy (non-hydrogen) atoms. The lowest BCUT2D eigenvalue weighted by molar-refractivity contribution is 1.18. The molecule has 0 spiro atoms. The number of hydrogen-bond acceptors (Lipinski definition) is 2. The van der Waals surface area contributed by atoms with Crippen molar-refractivity contribution >= 4 is 0 Å². The predicted octanol–water partition coefficient (Wildman–Crippen LogP) is 4.84. The van der Waals surface area contributed by atoms with Gasteiger partial charge in [0, 0.05) is 11.1 Å². The van der Waals surface area contributed by atoms with Crippen molar-refractivity contribution in [3.05, 3.63) is 73.1 Å². The van der Waals surface area contributed by atoms with Crippen molar-refractivity contribution < 1.29 is 0 Å². The number of hydrogen-bond donors (Lipinski definition) is 0. The summed E-state index contributed by atoms with van der Waals surface area (Å²) in [5, 5.41) is 0. The average Bonchev–Trinajstić information content (AvgIpc) is 2.58. The number of benzene rings is 2. The molecule has 0 atom stereocenters. The third-order valence-electron chi connectivity index (χ3n) is 2.81. The molecule has 3 rings (SSSR count). The Bertz CT molecular complexity index is 579. The molecule has 2 heteroatoms. The van der Waals surface area contributed by atoms with Crippen LogP contribution in [-0.2, 0) is 0 Å². The number of rotatable bonds is 2. The fourth-order valence-electron chi connectivity index (χ4n) is 1.89. The zero-order valence-corrected chi connectivity index (χ0v) is 11.8. The van der Waals surface area contributed by atoms with Gasteiger partial charge in [-0.2, -0.15) is 0 Å². The fourth-order valence-corrected chi connectivity index (χ4v) is 1.89. The smallest absolute Gasteiger partial charge is 0.116 e. The maximum Gasteiger partial charge on any atom is 0.116 e. The van der Waals surface area contributed by atoms with Gasteiger partial charge in [-0.15, -0.1) is 0 Å². The highest BCUT2D eigenvalue weighted by Crippen LogP contribution is 2.21. The van der Waals surface area contributed by atoms with Crippen LogP contribution >= 0.6 is 0 Å². The van der Waals surface area contributed by atoms with Crippen molar-refractivity contribution in [1.82, 2.24) is 9.97 Å². The Morgan fingerprint density at radius 2 is 1.00 bits per heavy atom. The second kappa shape index (κ2) is 7.19. The molecule has 0 fully saturated rings. The summed E-state index contributed by atoms with van der Waals surface area (Å²) >= 11 is 0. The zero-order chi connectivity index (χ0) is 14.2. The normalized spacial score (nSPS) is 9.50. The molecule has 0 aliphatic carbocycles. The molecule has 0 bridgehead atoms. The summed E-state index contributed by atoms with van der Waals surface area (Å²) in [5.74, 6) is 0. The van der Waals surface area contributed by atoms with Crippen LogP contribution in [0, 0.1) is 0 Å². The molecular weight excluding hydrogens is 244 g/mol. The highest BCUT2D eigenvalue weighted by atomic mass is 14.8. The summed E-state index contributed by atoms with van der Waals surface area (Å²) in [6.07, 6.45) is 1.62. The monoisotopic (exact) mass is 262 g/mol. The van der Waals surface area contributed by atoms with Gasteiger partial charge in [-0.1, -0.05) is 74.5 Å². The minimum atomic E-state index is 0.949. The zero-order valence-electron chi connectivity index (χ0n) is 11.8. The molecule has 1 aromatic heterocycles. The first-order valence-corrected chi connectivity index (χ1v) is 6.86. The van der Waals surface area contributed by atoms with E-state index in [0.717, 1.165) is 22.5 Å². The summed E-state index contributed by atoms with van der Waals surface area (Å²) in [5.41, 5.74) is 4.11. The van der Waals surface area contributed by atoms with Crippen molar-refractivity contribution in [2.24, 2.45) is 0 Å². The van der Waals surface area contributed by atoms with Crippen molar-refractivity contribution in [1.29, 1.82) is 0 Å². The topological polar surface area (TPSA) is 25.8 Å². The molecule has 2 aromatic carbocycles. The molecule has 0 radical (unpaired) electrons. The van der Waals surface area contributed by atoms with E-state index in [2.05, 4.69) is 34.2 Å². The lowest BCUT2D eigenvalue weighted by Gasteiger charge is -2.03. The Labute approximate surface area is 120 Å². The van der Waals surface area contributed by atoms with Crippen molar-refractivity contribution in [2.45, 2.75) is 13.8 Å². The van der Waals surface area contributed by atoms with E-state index >= 15 is 0 Å². The van der Waals surface area contributed by atoms with Crippen LogP contribution < -0.4 is 0 Å². The Hall–Kier alpha value is -2.48. The van der Waals surface area contributed by atoms with E-state index in [9.17, 15) is 0 Å². The molecule has 0 aliphatic heterocycles. The molecule has 0 unspecified atom stereocenters. The average molecular weight is 262 g/mol. The van der Waals surface area contributed by atoms with E-state index in [1.807, 2.05) is 56.3 Å². The molecular formula is C18H18N2. The first-order valence-electron chi connectivity index (χ1n) is 6.86. The van der Waals surface area contributed by atoms with Gasteiger partial charge >= 0.3 is 0 Å². The van der Waals surface area contributed by atoms with Crippen LogP contribution in [0.1, 0.15) is 13.8 Å². The van der Waals surface area contributed by atoms with Crippen LogP contribution in [0.15, 0.2) is 73.1 Å². The fraction of sp³-hybridized carbons (Fsp3) is 0.111. The van der Waals surface area contributed by atoms with Crippen LogP contribution in [0.25, 0.3) is 22.5 Å². The number of aromatic nitrogens is 2. The maximum absolute atomic E-state index is 4.32. The van der Waals surface area contributed by atoms with Crippen LogP contribution in [-0.4, -0.2) is 9.97 Å². The molecule has 3 aromatic rings. The molecule has 0 aliphatic rings. The molecule has 0 amide bonds. The van der Waals surface area contributed by atoms with E-state index in [1.165, 1.54) is 0 Å². The summed E-state index contributed by atoms with van der Waals surface area (Å²) in [7, 11) is 0. The summed E-state index contributed by atoms with van der Waals surface area (Å²) in [4.78, 5) is 8.65. The lowest BCUT2D eigenvalue weighted by atomic mass is 10.1. The van der Waals surface area contributed by atoms with Crippen molar-refractivity contribution in [2.75, 3.05) is 0 Å². The molecule has 0 N–H and O–H groups in total. The Balaban J connectivity index is 0.000000704. The minimum Gasteiger partial charge on any atom is -0.236 e. The van der Waals surface area contributed by atoms with Gasteiger partial charge in [0.2, 0.25) is 0 Å². The maximum atomic E-state index is 4.32. The molecule has 0 saturated carbocycles. The third-order valence-corrected chi connectivity index (χ3v) is 2.81. The van der Waals surface area contributed by atoms with Crippen LogP contribution in [0.4, 0.5) is 0 Å². The van der Waals surface area contributed by atoms with Gasteiger partial charge in [-0.05, 0) is 6.07 Å². The van der Waals surface area contributed by atoms with E-state index in [1.54, 1.807) is 6.33 Å². The first-order chi connectivity index (χ1) is 9.93. The van der Waals surface area contributed by atoms with Gasteiger partial charge in [-0.25, -0.2) is 9.97 Å². The number of nitrogens with zero attached hydrogens (tertiary/aromatic N) is 2. The molecule has 1 heterocycles. The highest BCUT2D eigenvalue weighted by Gasteiger charge is 2.02. The van der Waals surface area contributed by atoms with E-state index in [4.69, 9.17) is 0 Å². The molecule has 0 saturated heterocycles. The standard InChI is InChI=1S/C16H12N2.C2H6/c1-3-7-13(8-4-1)15-11-16(18-12-17-15)14-9-5-2-6-10-14;1-2/h1-12H;1-2H3. The Morgan fingerprint density at radius 3 is 1.40 bits per heavy atom. The van der Waals surface area contributed by atoms with Gasteiger partial charge in [-0.3, -0.25) is 0 Å². The SMILES string of the molecule is CC.c1ccc(-c2cc(-c3ccccc3)ncn2)cc1. The van der Waals surface area contributed by atoms with Crippen molar-refractivity contribution in [3.63, 3.8) is 0 Å². The van der Waals surface area contributed by atoms with E-state index < -0.39 is 0 Å². The van der Waals surface area contributed by atoms with Gasteiger partial charge in [0.25, 0.3) is 0 Å². The van der Waals surface area contributed by atoms with E-state index in [0.29, 0.717) is 0 Å². The van der Waals surface area contributed by atoms with Gasteiger partial charge < -0.3 is 0 Å². The lowest BCUT2D eigenvalue weighted by Crippen LogP contribution is -1.88. The highest BCUT2D eigenvalue weighted by molar-refractivity contribution is 5.67. The second-order valence-corrected chi connectivity index (χ2v) is 4.02. The van der Waals surface area contributed by atoms with Crippen molar-refractivity contribution in [3.8, 4) is 22.5 Å². The quantitative estimate of drug-likeness (QED) is 0.660. The van der Waals surface area contributed by atoms with E-state index in [-0.39, 0.29) is 0 Å². The Morgan fingerprint density at radius 1 is 0.600 bits per heavy atom. The molecule has 100 valence electrons. The summed E-state index contributed by atoms with van der Waals surface area (Å²) in [6.45, 7) is 4.00. The van der Waals surface area contributed by atoms with Gasteiger partial charge in [0.1, 0.15) is 6.33 Å². The Kier molecular flexibility index (Phi) is 5.01. The first kappa shape index (κ1) is 13.9. The summed E-state index contributed by atoms with van der Waals surface area (Å²) in [6, 6.07) is 22.3. The minimum absolute atomic E-state index is 0.949. The molecule has 2 nitrogen and oxygen atoms in total. The van der Waals surface area contributed by atoms with Gasteiger partial charge in [0.05, 0.1) is 11.4 Å². The third kappa shape index (κ3) is 3.29. The largest absolute Gasteiger partial charge is 0.236 e. The van der Waals surface area contributed by atoms with Crippen LogP contribution in [0.5, 0.6) is 0 Å². The van der Waals surface area contributed by atoms with Crippen LogP contribution in [0.3, 0.4) is 0 Å². The second-order valence-electron chi connectivity index (χ2n) is 4.02.